The smallest absolute Gasteiger partial charge is 0.317 e. The van der Waals surface area contributed by atoms with Gasteiger partial charge in [0, 0.05) is 37.0 Å². The molecule has 3 aromatic rings. The van der Waals surface area contributed by atoms with Gasteiger partial charge in [-0.1, -0.05) is 28.9 Å². The van der Waals surface area contributed by atoms with Gasteiger partial charge in [0.1, 0.15) is 12.4 Å². The molecule has 0 radical (unpaired) electrons. The maximum absolute atomic E-state index is 12.3. The molecular weight excluding hydrogens is 356 g/mol. The Morgan fingerprint density at radius 2 is 1.86 bits per heavy atom. The zero-order chi connectivity index (χ0) is 20.1. The lowest BCUT2D eigenvalue weighted by atomic mass is 10.1. The maximum atomic E-state index is 12.3. The molecule has 0 atom stereocenters. The van der Waals surface area contributed by atoms with E-state index < -0.39 is 0 Å². The fourth-order valence-electron chi connectivity index (χ4n) is 2.82. The highest BCUT2D eigenvalue weighted by atomic mass is 16.5. The van der Waals surface area contributed by atoms with Crippen molar-refractivity contribution in [2.75, 3.05) is 13.6 Å². The molecule has 1 N–H and O–H groups in total. The Labute approximate surface area is 164 Å². The van der Waals surface area contributed by atoms with E-state index >= 15 is 0 Å². The van der Waals surface area contributed by atoms with Gasteiger partial charge in [0.15, 0.2) is 0 Å². The maximum Gasteiger partial charge on any atom is 0.317 e. The van der Waals surface area contributed by atoms with Crippen molar-refractivity contribution in [3.63, 3.8) is 0 Å². The molecule has 0 bridgehead atoms. The van der Waals surface area contributed by atoms with Gasteiger partial charge >= 0.3 is 6.03 Å². The second-order valence-corrected chi connectivity index (χ2v) is 6.79. The molecule has 0 aliphatic heterocycles. The SMILES string of the molecule is Cc1cccc(-c2noc(CN(C)C(=O)NCCc3nc(C)cc(C)n3)n2)c1. The van der Waals surface area contributed by atoms with Gasteiger partial charge in [0.2, 0.25) is 11.7 Å². The minimum absolute atomic E-state index is 0.223. The van der Waals surface area contributed by atoms with Crippen molar-refractivity contribution < 1.29 is 9.32 Å². The highest BCUT2D eigenvalue weighted by Crippen LogP contribution is 2.17. The molecule has 0 unspecified atom stereocenters. The number of nitrogens with one attached hydrogen (secondary N) is 1. The Kier molecular flexibility index (Phi) is 5.98. The summed E-state index contributed by atoms with van der Waals surface area (Å²) in [6.45, 7) is 6.54. The van der Waals surface area contributed by atoms with E-state index in [1.54, 1.807) is 7.05 Å². The topological polar surface area (TPSA) is 97.0 Å². The van der Waals surface area contributed by atoms with Gasteiger partial charge in [-0.3, -0.25) is 0 Å². The van der Waals surface area contributed by atoms with Crippen LogP contribution >= 0.6 is 0 Å². The average molecular weight is 380 g/mol. The van der Waals surface area contributed by atoms with E-state index in [0.29, 0.717) is 24.7 Å². The van der Waals surface area contributed by atoms with Crippen LogP contribution in [0.5, 0.6) is 0 Å². The molecule has 3 rings (SSSR count). The number of hydrogen-bond donors (Lipinski definition) is 1. The number of hydrogen-bond acceptors (Lipinski definition) is 6. The fourth-order valence-corrected chi connectivity index (χ4v) is 2.82. The number of carbonyl (C=O) groups excluding carboxylic acids is 1. The van der Waals surface area contributed by atoms with Crippen LogP contribution in [0.4, 0.5) is 4.79 Å². The van der Waals surface area contributed by atoms with Crippen LogP contribution in [0.25, 0.3) is 11.4 Å². The second-order valence-electron chi connectivity index (χ2n) is 6.79. The molecule has 146 valence electrons. The van der Waals surface area contributed by atoms with Gasteiger partial charge in [-0.2, -0.15) is 4.98 Å². The Balaban J connectivity index is 1.51. The third kappa shape index (κ3) is 5.12. The summed E-state index contributed by atoms with van der Waals surface area (Å²) in [6, 6.07) is 9.56. The predicted molar refractivity (Wildman–Crippen MR) is 105 cm³/mol. The highest BCUT2D eigenvalue weighted by Gasteiger charge is 2.14. The minimum Gasteiger partial charge on any atom is -0.338 e. The first-order chi connectivity index (χ1) is 13.4. The van der Waals surface area contributed by atoms with Gasteiger partial charge in [0.05, 0.1) is 0 Å². The highest BCUT2D eigenvalue weighted by molar-refractivity contribution is 5.73. The van der Waals surface area contributed by atoms with E-state index in [-0.39, 0.29) is 12.6 Å². The van der Waals surface area contributed by atoms with Crippen molar-refractivity contribution >= 4 is 6.03 Å². The van der Waals surface area contributed by atoms with Crippen LogP contribution in [0.1, 0.15) is 28.7 Å². The van der Waals surface area contributed by atoms with E-state index in [1.165, 1.54) is 4.90 Å². The van der Waals surface area contributed by atoms with Gasteiger partial charge in [0.25, 0.3) is 0 Å². The van der Waals surface area contributed by atoms with Gasteiger partial charge in [-0.25, -0.2) is 14.8 Å². The lowest BCUT2D eigenvalue weighted by Gasteiger charge is -2.15. The number of aromatic nitrogens is 4. The third-order valence-corrected chi connectivity index (χ3v) is 4.12. The number of aryl methyl sites for hydroxylation is 3. The first kappa shape index (κ1) is 19.5. The van der Waals surface area contributed by atoms with Crippen LogP contribution in [0.3, 0.4) is 0 Å². The normalized spacial score (nSPS) is 10.7. The number of benzene rings is 1. The molecule has 0 spiro atoms. The van der Waals surface area contributed by atoms with Crippen molar-refractivity contribution in [2.24, 2.45) is 0 Å². The Bertz CT molecular complexity index is 949. The summed E-state index contributed by atoms with van der Waals surface area (Å²) >= 11 is 0. The van der Waals surface area contributed by atoms with Crippen LogP contribution in [0.15, 0.2) is 34.9 Å². The summed E-state index contributed by atoms with van der Waals surface area (Å²) in [6.07, 6.45) is 0.570. The quantitative estimate of drug-likeness (QED) is 0.706. The van der Waals surface area contributed by atoms with Gasteiger partial charge in [-0.15, -0.1) is 0 Å². The molecule has 8 nitrogen and oxygen atoms in total. The van der Waals surface area contributed by atoms with Crippen molar-refractivity contribution in [2.45, 2.75) is 33.7 Å². The summed E-state index contributed by atoms with van der Waals surface area (Å²) in [7, 11) is 1.68. The minimum atomic E-state index is -0.223. The lowest BCUT2D eigenvalue weighted by Crippen LogP contribution is -2.38. The number of amides is 2. The summed E-state index contributed by atoms with van der Waals surface area (Å²) in [5.41, 5.74) is 3.85. The lowest BCUT2D eigenvalue weighted by molar-refractivity contribution is 0.199. The van der Waals surface area contributed by atoms with Crippen LogP contribution in [0, 0.1) is 20.8 Å². The number of rotatable bonds is 6. The molecule has 8 heteroatoms. The van der Waals surface area contributed by atoms with E-state index in [0.717, 1.165) is 28.3 Å². The first-order valence-electron chi connectivity index (χ1n) is 9.10. The number of carbonyl (C=O) groups is 1. The predicted octanol–water partition coefficient (Wildman–Crippen LogP) is 2.84. The standard InChI is InChI=1S/C20H24N6O2/c1-13-6-5-7-16(10-13)19-24-18(28-25-19)12-26(4)20(27)21-9-8-17-22-14(2)11-15(3)23-17/h5-7,10-11H,8-9,12H2,1-4H3,(H,21,27). The van der Waals surface area contributed by atoms with Crippen molar-refractivity contribution in [1.82, 2.24) is 30.3 Å². The molecule has 0 saturated heterocycles. The Morgan fingerprint density at radius 3 is 2.57 bits per heavy atom. The average Bonchev–Trinajstić information content (AvgIpc) is 3.09. The Hall–Kier alpha value is -3.29. The molecule has 0 aliphatic carbocycles. The summed E-state index contributed by atoms with van der Waals surface area (Å²) < 4.78 is 5.28. The summed E-state index contributed by atoms with van der Waals surface area (Å²) in [4.78, 5) is 26.9. The summed E-state index contributed by atoms with van der Waals surface area (Å²) in [5, 5.41) is 6.85. The van der Waals surface area contributed by atoms with E-state index in [1.807, 2.05) is 51.1 Å². The zero-order valence-electron chi connectivity index (χ0n) is 16.6. The molecule has 0 saturated carbocycles. The van der Waals surface area contributed by atoms with E-state index in [4.69, 9.17) is 4.52 Å². The van der Waals surface area contributed by atoms with Crippen LogP contribution in [-0.2, 0) is 13.0 Å². The number of urea groups is 1. The van der Waals surface area contributed by atoms with Crippen molar-refractivity contribution in [3.05, 3.63) is 59.0 Å². The zero-order valence-corrected chi connectivity index (χ0v) is 16.6. The van der Waals surface area contributed by atoms with E-state index in [2.05, 4.69) is 25.4 Å². The van der Waals surface area contributed by atoms with Gasteiger partial charge < -0.3 is 14.7 Å². The van der Waals surface area contributed by atoms with Crippen LogP contribution in [0.2, 0.25) is 0 Å². The molecule has 2 heterocycles. The fraction of sp³-hybridized carbons (Fsp3) is 0.350. The first-order valence-corrected chi connectivity index (χ1v) is 9.10. The second kappa shape index (κ2) is 8.60. The summed E-state index contributed by atoms with van der Waals surface area (Å²) in [5.74, 6) is 1.62. The Morgan fingerprint density at radius 1 is 1.11 bits per heavy atom. The molecule has 1 aromatic carbocycles. The molecule has 2 aromatic heterocycles. The third-order valence-electron chi connectivity index (χ3n) is 4.12. The molecule has 0 aliphatic rings. The van der Waals surface area contributed by atoms with Crippen molar-refractivity contribution in [1.29, 1.82) is 0 Å². The van der Waals surface area contributed by atoms with E-state index in [9.17, 15) is 4.79 Å². The molecule has 28 heavy (non-hydrogen) atoms. The monoisotopic (exact) mass is 380 g/mol. The molecular formula is C20H24N6O2. The van der Waals surface area contributed by atoms with Crippen LogP contribution in [-0.4, -0.2) is 44.6 Å². The molecule has 2 amide bonds. The molecule has 0 fully saturated rings. The number of nitrogens with zero attached hydrogens (tertiary/aromatic N) is 5. The van der Waals surface area contributed by atoms with Gasteiger partial charge in [-0.05, 0) is 32.9 Å². The van der Waals surface area contributed by atoms with Crippen molar-refractivity contribution in [3.8, 4) is 11.4 Å². The van der Waals surface area contributed by atoms with Crippen LogP contribution < -0.4 is 5.32 Å². The largest absolute Gasteiger partial charge is 0.338 e.